The quantitative estimate of drug-likeness (QED) is 0.647. The molecule has 2 rings (SSSR count). The number of nitrogens with one attached hydrogen (secondary N) is 1. The molecular weight excluding hydrogens is 170 g/mol. The van der Waals surface area contributed by atoms with E-state index in [9.17, 15) is 0 Å². The van der Waals surface area contributed by atoms with Crippen LogP contribution in [0.2, 0.25) is 0 Å². The summed E-state index contributed by atoms with van der Waals surface area (Å²) >= 11 is 0. The summed E-state index contributed by atoms with van der Waals surface area (Å²) in [6.07, 6.45) is 1.48. The molecule has 0 amide bonds. The fourth-order valence-corrected chi connectivity index (χ4v) is 1.06. The largest absolute Gasteiger partial charge is 0.297 e. The maximum atomic E-state index is 5.05. The molecule has 0 saturated carbocycles. The molecule has 0 spiro atoms. The lowest BCUT2D eigenvalue weighted by molar-refractivity contribution is 0.0663. The Morgan fingerprint density at radius 1 is 1.54 bits per heavy atom. The van der Waals surface area contributed by atoms with Gasteiger partial charge < -0.3 is 0 Å². The van der Waals surface area contributed by atoms with Crippen LogP contribution >= 0.6 is 0 Å². The van der Waals surface area contributed by atoms with E-state index in [0.717, 1.165) is 5.56 Å². The second kappa shape index (κ2) is 3.08. The Hall–Kier alpha value is -1.53. The lowest BCUT2D eigenvalue weighted by atomic mass is 10.2. The highest BCUT2D eigenvalue weighted by Crippen LogP contribution is 2.16. The molecule has 2 aromatic rings. The summed E-state index contributed by atoms with van der Waals surface area (Å²) in [6.45, 7) is 1.84. The first-order valence-corrected chi connectivity index (χ1v) is 3.83. The number of hydrogen-bond donors (Lipinski definition) is 2. The summed E-state index contributed by atoms with van der Waals surface area (Å²) in [5, 5.41) is 10.2. The van der Waals surface area contributed by atoms with Gasteiger partial charge in [-0.2, -0.15) is 10.3 Å². The van der Waals surface area contributed by atoms with Crippen LogP contribution in [0.4, 0.5) is 0 Å². The molecule has 2 heterocycles. The molecule has 0 aromatic carbocycles. The Morgan fingerprint density at radius 3 is 3.15 bits per heavy atom. The van der Waals surface area contributed by atoms with Crippen LogP contribution in [0.15, 0.2) is 12.3 Å². The minimum Gasteiger partial charge on any atom is -0.297 e. The minimum atomic E-state index is -0.186. The summed E-state index contributed by atoms with van der Waals surface area (Å²) in [7, 11) is 0. The van der Waals surface area contributed by atoms with Crippen molar-refractivity contribution in [2.24, 2.45) is 5.90 Å². The molecule has 1 unspecified atom stereocenters. The monoisotopic (exact) mass is 179 g/mol. The number of aromatic nitrogens is 4. The molecule has 6 nitrogen and oxygen atoms in total. The Morgan fingerprint density at radius 2 is 2.38 bits per heavy atom. The van der Waals surface area contributed by atoms with Gasteiger partial charge >= 0.3 is 0 Å². The van der Waals surface area contributed by atoms with E-state index in [4.69, 9.17) is 5.90 Å². The number of aromatic amines is 1. The molecule has 0 radical (unpaired) electrons. The van der Waals surface area contributed by atoms with Crippen LogP contribution in [0.25, 0.3) is 11.2 Å². The zero-order chi connectivity index (χ0) is 9.26. The van der Waals surface area contributed by atoms with Crippen molar-refractivity contribution >= 4 is 11.2 Å². The average molecular weight is 179 g/mol. The summed E-state index contributed by atoms with van der Waals surface area (Å²) in [6, 6.07) is 1.84. The maximum absolute atomic E-state index is 5.05. The maximum Gasteiger partial charge on any atom is 0.201 e. The summed E-state index contributed by atoms with van der Waals surface area (Å²) in [5.74, 6) is 5.05. The highest BCUT2D eigenvalue weighted by Gasteiger charge is 2.07. The smallest absolute Gasteiger partial charge is 0.201 e. The van der Waals surface area contributed by atoms with Gasteiger partial charge in [0.25, 0.3) is 0 Å². The Bertz CT molecular complexity index is 412. The highest BCUT2D eigenvalue weighted by atomic mass is 16.6. The van der Waals surface area contributed by atoms with Crippen molar-refractivity contribution in [3.05, 3.63) is 17.8 Å². The van der Waals surface area contributed by atoms with Crippen molar-refractivity contribution in [1.29, 1.82) is 0 Å². The standard InChI is InChI=1S/C7H9N5O/c1-4(13-8)5-2-6-7(9-3-5)11-12-10-6/h2-4H,8H2,1H3,(H,9,10,11,12). The first-order valence-electron chi connectivity index (χ1n) is 3.83. The second-order valence-corrected chi connectivity index (χ2v) is 2.71. The average Bonchev–Trinajstić information content (AvgIpc) is 2.63. The third kappa shape index (κ3) is 1.36. The van der Waals surface area contributed by atoms with Crippen LogP contribution in [-0.4, -0.2) is 20.4 Å². The van der Waals surface area contributed by atoms with Gasteiger partial charge in [0, 0.05) is 11.8 Å². The number of nitrogens with two attached hydrogens (primary N) is 1. The van der Waals surface area contributed by atoms with E-state index >= 15 is 0 Å². The van der Waals surface area contributed by atoms with Gasteiger partial charge in [0.15, 0.2) is 0 Å². The molecule has 3 N–H and O–H groups in total. The molecule has 0 fully saturated rings. The number of H-pyrrole nitrogens is 1. The molecule has 13 heavy (non-hydrogen) atoms. The van der Waals surface area contributed by atoms with Crippen molar-refractivity contribution in [3.8, 4) is 0 Å². The Labute approximate surface area is 74.1 Å². The molecule has 0 aliphatic carbocycles. The van der Waals surface area contributed by atoms with E-state index in [2.05, 4.69) is 25.2 Å². The number of hydrogen-bond acceptors (Lipinski definition) is 5. The predicted molar refractivity (Wildman–Crippen MR) is 45.4 cm³/mol. The third-order valence-corrected chi connectivity index (χ3v) is 1.87. The zero-order valence-electron chi connectivity index (χ0n) is 7.06. The topological polar surface area (TPSA) is 89.7 Å². The SMILES string of the molecule is CC(ON)c1cnc2n[nH]nc2c1. The van der Waals surface area contributed by atoms with E-state index in [1.807, 2.05) is 13.0 Å². The Kier molecular flexibility index (Phi) is 1.91. The molecule has 0 saturated heterocycles. The second-order valence-electron chi connectivity index (χ2n) is 2.71. The van der Waals surface area contributed by atoms with Crippen molar-refractivity contribution in [2.45, 2.75) is 13.0 Å². The van der Waals surface area contributed by atoms with Gasteiger partial charge in [-0.1, -0.05) is 0 Å². The number of pyridine rings is 1. The first-order chi connectivity index (χ1) is 6.31. The molecular formula is C7H9N5O. The summed E-state index contributed by atoms with van der Waals surface area (Å²) in [4.78, 5) is 8.73. The lowest BCUT2D eigenvalue weighted by Gasteiger charge is -2.06. The zero-order valence-corrected chi connectivity index (χ0v) is 7.06. The lowest BCUT2D eigenvalue weighted by Crippen LogP contribution is -2.05. The van der Waals surface area contributed by atoms with E-state index in [0.29, 0.717) is 11.2 Å². The van der Waals surface area contributed by atoms with Gasteiger partial charge in [-0.25, -0.2) is 10.9 Å². The Balaban J connectivity index is 2.48. The molecule has 0 aliphatic rings. The van der Waals surface area contributed by atoms with Crippen LogP contribution in [0.3, 0.4) is 0 Å². The van der Waals surface area contributed by atoms with Gasteiger partial charge in [-0.05, 0) is 13.0 Å². The van der Waals surface area contributed by atoms with E-state index in [1.165, 1.54) is 0 Å². The minimum absolute atomic E-state index is 0.186. The van der Waals surface area contributed by atoms with Crippen LogP contribution in [0.5, 0.6) is 0 Å². The molecule has 1 atom stereocenters. The van der Waals surface area contributed by atoms with Crippen molar-refractivity contribution in [2.75, 3.05) is 0 Å². The molecule has 0 bridgehead atoms. The van der Waals surface area contributed by atoms with Crippen LogP contribution in [0, 0.1) is 0 Å². The summed E-state index contributed by atoms with van der Waals surface area (Å²) in [5.41, 5.74) is 2.18. The van der Waals surface area contributed by atoms with Gasteiger partial charge in [0.2, 0.25) is 5.65 Å². The molecule has 68 valence electrons. The van der Waals surface area contributed by atoms with Crippen molar-refractivity contribution in [1.82, 2.24) is 20.4 Å². The van der Waals surface area contributed by atoms with E-state index in [-0.39, 0.29) is 6.10 Å². The van der Waals surface area contributed by atoms with E-state index < -0.39 is 0 Å². The normalized spacial score (nSPS) is 13.4. The highest BCUT2D eigenvalue weighted by molar-refractivity contribution is 5.69. The predicted octanol–water partition coefficient (Wildman–Crippen LogP) is 0.304. The van der Waals surface area contributed by atoms with Crippen molar-refractivity contribution < 1.29 is 4.84 Å². The molecule has 2 aromatic heterocycles. The molecule has 0 aliphatic heterocycles. The van der Waals surface area contributed by atoms with Gasteiger partial charge in [-0.3, -0.25) is 4.84 Å². The van der Waals surface area contributed by atoms with Crippen LogP contribution in [-0.2, 0) is 4.84 Å². The van der Waals surface area contributed by atoms with Gasteiger partial charge in [0.05, 0.1) is 0 Å². The number of rotatable bonds is 2. The number of nitrogens with zero attached hydrogens (tertiary/aromatic N) is 3. The van der Waals surface area contributed by atoms with Gasteiger partial charge in [0.1, 0.15) is 11.6 Å². The third-order valence-electron chi connectivity index (χ3n) is 1.87. The fourth-order valence-electron chi connectivity index (χ4n) is 1.06. The van der Waals surface area contributed by atoms with Crippen LogP contribution < -0.4 is 5.90 Å². The fraction of sp³-hybridized carbons (Fsp3) is 0.286. The summed E-state index contributed by atoms with van der Waals surface area (Å²) < 4.78 is 0. The molecule has 6 heteroatoms. The van der Waals surface area contributed by atoms with Crippen molar-refractivity contribution in [3.63, 3.8) is 0 Å². The van der Waals surface area contributed by atoms with E-state index in [1.54, 1.807) is 6.20 Å². The first kappa shape index (κ1) is 8.09. The van der Waals surface area contributed by atoms with Gasteiger partial charge in [-0.15, -0.1) is 5.10 Å². The number of fused-ring (bicyclic) bond motifs is 1. The van der Waals surface area contributed by atoms with Crippen LogP contribution in [0.1, 0.15) is 18.6 Å².